The van der Waals surface area contributed by atoms with Crippen LogP contribution in [-0.4, -0.2) is 30.2 Å². The van der Waals surface area contributed by atoms with Crippen LogP contribution < -0.4 is 0 Å². The summed E-state index contributed by atoms with van der Waals surface area (Å²) >= 11 is 0. The Bertz CT molecular complexity index is 1100. The summed E-state index contributed by atoms with van der Waals surface area (Å²) in [5.74, 6) is -0.506. The van der Waals surface area contributed by atoms with Crippen molar-refractivity contribution in [2.75, 3.05) is 19.6 Å². The van der Waals surface area contributed by atoms with Crippen molar-refractivity contribution in [2.24, 2.45) is 5.16 Å². The van der Waals surface area contributed by atoms with E-state index < -0.39 is 11.7 Å². The summed E-state index contributed by atoms with van der Waals surface area (Å²) in [5, 5.41) is 4.19. The van der Waals surface area contributed by atoms with E-state index in [0.717, 1.165) is 74.3 Å². The summed E-state index contributed by atoms with van der Waals surface area (Å²) in [6, 6.07) is 17.9. The first-order valence-corrected chi connectivity index (χ1v) is 12.3. The third-order valence-electron chi connectivity index (χ3n) is 6.65. The van der Waals surface area contributed by atoms with Gasteiger partial charge in [-0.05, 0) is 72.5 Å². The molecule has 0 bridgehead atoms. The van der Waals surface area contributed by atoms with Gasteiger partial charge >= 0.3 is 6.18 Å². The first-order valence-electron chi connectivity index (χ1n) is 12.3. The molecule has 8 heteroatoms. The number of likely N-dealkylation sites (tertiary alicyclic amines) is 1. The van der Waals surface area contributed by atoms with Gasteiger partial charge in [-0.15, -0.1) is 0 Å². The zero-order valence-corrected chi connectivity index (χ0v) is 20.4. The van der Waals surface area contributed by atoms with Crippen LogP contribution in [0.1, 0.15) is 53.9 Å². The van der Waals surface area contributed by atoms with Crippen LogP contribution >= 0.6 is 0 Å². The molecule has 4 rings (SSSR count). The molecule has 0 aliphatic carbocycles. The van der Waals surface area contributed by atoms with Gasteiger partial charge in [0.15, 0.2) is 0 Å². The molecule has 0 aromatic heterocycles. The van der Waals surface area contributed by atoms with Gasteiger partial charge in [0.25, 0.3) is 0 Å². The average Bonchev–Trinajstić information content (AvgIpc) is 2.89. The molecule has 0 amide bonds. The monoisotopic (exact) mass is 516 g/mol. The predicted molar refractivity (Wildman–Crippen MR) is 133 cm³/mol. The summed E-state index contributed by atoms with van der Waals surface area (Å²) in [7, 11) is 0. The molecular weight excluding hydrogens is 487 g/mol. The number of rotatable bonds is 9. The van der Waals surface area contributed by atoms with Gasteiger partial charge in [0.2, 0.25) is 0 Å². The minimum atomic E-state index is -4.35. The number of hydrogen-bond donors (Lipinski definition) is 0. The van der Waals surface area contributed by atoms with E-state index in [4.69, 9.17) is 4.84 Å². The Morgan fingerprint density at radius 3 is 1.84 bits per heavy atom. The molecule has 196 valence electrons. The molecule has 3 aromatic carbocycles. The topological polar surface area (TPSA) is 24.8 Å². The highest BCUT2D eigenvalue weighted by atomic mass is 19.4. The molecule has 1 aliphatic heterocycles. The molecule has 0 atom stereocenters. The van der Waals surface area contributed by atoms with Gasteiger partial charge in [-0.3, -0.25) is 0 Å². The lowest BCUT2D eigenvalue weighted by atomic mass is 9.87. The van der Waals surface area contributed by atoms with Crippen molar-refractivity contribution in [1.82, 2.24) is 4.90 Å². The Balaban J connectivity index is 1.23. The highest BCUT2D eigenvalue weighted by molar-refractivity contribution is 5.84. The second-order valence-electron chi connectivity index (χ2n) is 9.27. The third kappa shape index (κ3) is 7.86. The quantitative estimate of drug-likeness (QED) is 0.217. The molecule has 37 heavy (non-hydrogen) atoms. The average molecular weight is 517 g/mol. The number of piperidine rings is 1. The standard InChI is InChI=1S/C29H29F5N2O/c30-25-11-5-22(6-12-25)28(23-7-13-26(31)14-8-23)2-1-17-36-18-15-27(16-19-36)35-37-20-21-3-9-24(10-4-21)29(32,33)34/h3-14,28H,1-2,15-20H2. The van der Waals surface area contributed by atoms with Gasteiger partial charge in [-0.25, -0.2) is 8.78 Å². The minimum absolute atomic E-state index is 0.0571. The lowest BCUT2D eigenvalue weighted by Gasteiger charge is -2.28. The fourth-order valence-corrected chi connectivity index (χ4v) is 4.55. The second-order valence-corrected chi connectivity index (χ2v) is 9.27. The number of alkyl halides is 3. The van der Waals surface area contributed by atoms with E-state index in [2.05, 4.69) is 10.1 Å². The van der Waals surface area contributed by atoms with E-state index in [-0.39, 0.29) is 24.2 Å². The minimum Gasteiger partial charge on any atom is -0.391 e. The molecular formula is C29H29F5N2O. The van der Waals surface area contributed by atoms with Crippen LogP contribution in [0.25, 0.3) is 0 Å². The predicted octanol–water partition coefficient (Wildman–Crippen LogP) is 7.56. The summed E-state index contributed by atoms with van der Waals surface area (Å²) in [6.45, 7) is 2.72. The Labute approximate surface area is 213 Å². The summed E-state index contributed by atoms with van der Waals surface area (Å²) < 4.78 is 64.9. The normalized spacial score (nSPS) is 14.7. The van der Waals surface area contributed by atoms with Crippen LogP contribution in [0, 0.1) is 11.6 Å². The molecule has 1 heterocycles. The van der Waals surface area contributed by atoms with Gasteiger partial charge < -0.3 is 9.74 Å². The van der Waals surface area contributed by atoms with Crippen molar-refractivity contribution in [3.05, 3.63) is 107 Å². The number of oxime groups is 1. The maximum absolute atomic E-state index is 13.4. The molecule has 1 aliphatic rings. The van der Waals surface area contributed by atoms with Crippen molar-refractivity contribution >= 4 is 5.71 Å². The zero-order chi connectivity index (χ0) is 26.3. The van der Waals surface area contributed by atoms with Gasteiger partial charge in [0.1, 0.15) is 18.2 Å². The Hall–Kier alpha value is -3.26. The highest BCUT2D eigenvalue weighted by Crippen LogP contribution is 2.30. The van der Waals surface area contributed by atoms with E-state index in [1.807, 2.05) is 0 Å². The van der Waals surface area contributed by atoms with E-state index in [1.54, 1.807) is 24.3 Å². The van der Waals surface area contributed by atoms with Crippen LogP contribution in [0.2, 0.25) is 0 Å². The van der Waals surface area contributed by atoms with Crippen molar-refractivity contribution in [3.8, 4) is 0 Å². The van der Waals surface area contributed by atoms with E-state index in [9.17, 15) is 22.0 Å². The van der Waals surface area contributed by atoms with Crippen molar-refractivity contribution in [1.29, 1.82) is 0 Å². The van der Waals surface area contributed by atoms with Crippen molar-refractivity contribution in [2.45, 2.75) is 44.4 Å². The lowest BCUT2D eigenvalue weighted by Crippen LogP contribution is -2.34. The smallest absolute Gasteiger partial charge is 0.391 e. The van der Waals surface area contributed by atoms with Crippen LogP contribution in [-0.2, 0) is 17.6 Å². The molecule has 0 saturated carbocycles. The number of benzene rings is 3. The largest absolute Gasteiger partial charge is 0.416 e. The molecule has 1 saturated heterocycles. The Morgan fingerprint density at radius 1 is 0.784 bits per heavy atom. The van der Waals surface area contributed by atoms with Crippen LogP contribution in [0.4, 0.5) is 22.0 Å². The summed E-state index contributed by atoms with van der Waals surface area (Å²) in [6.07, 6.45) is -1.03. The number of nitrogens with zero attached hydrogens (tertiary/aromatic N) is 2. The second kappa shape index (κ2) is 12.3. The Kier molecular flexibility index (Phi) is 8.92. The molecule has 0 unspecified atom stereocenters. The van der Waals surface area contributed by atoms with Crippen LogP contribution in [0.15, 0.2) is 78.0 Å². The van der Waals surface area contributed by atoms with Gasteiger partial charge in [0, 0.05) is 31.8 Å². The van der Waals surface area contributed by atoms with Gasteiger partial charge in [0.05, 0.1) is 11.3 Å². The third-order valence-corrected chi connectivity index (χ3v) is 6.65. The fraction of sp³-hybridized carbons (Fsp3) is 0.345. The molecule has 0 spiro atoms. The first kappa shape index (κ1) is 26.8. The SMILES string of the molecule is Fc1ccc(C(CCCN2CCC(=NOCc3ccc(C(F)(F)F)cc3)CC2)c2ccc(F)cc2)cc1. The fourth-order valence-electron chi connectivity index (χ4n) is 4.55. The van der Waals surface area contributed by atoms with Crippen LogP contribution in [0.3, 0.4) is 0 Å². The summed E-state index contributed by atoms with van der Waals surface area (Å²) in [4.78, 5) is 7.74. The van der Waals surface area contributed by atoms with E-state index in [0.29, 0.717) is 5.56 Å². The van der Waals surface area contributed by atoms with Gasteiger partial charge in [-0.2, -0.15) is 13.2 Å². The highest BCUT2D eigenvalue weighted by Gasteiger charge is 2.30. The number of halogens is 5. The maximum atomic E-state index is 13.4. The zero-order valence-electron chi connectivity index (χ0n) is 20.4. The molecule has 3 aromatic rings. The first-order chi connectivity index (χ1) is 17.8. The van der Waals surface area contributed by atoms with E-state index >= 15 is 0 Å². The molecule has 0 N–H and O–H groups in total. The molecule has 0 radical (unpaired) electrons. The van der Waals surface area contributed by atoms with E-state index in [1.165, 1.54) is 36.4 Å². The van der Waals surface area contributed by atoms with Crippen molar-refractivity contribution < 1.29 is 26.8 Å². The van der Waals surface area contributed by atoms with Crippen molar-refractivity contribution in [3.63, 3.8) is 0 Å². The number of hydrogen-bond acceptors (Lipinski definition) is 3. The van der Waals surface area contributed by atoms with Crippen LogP contribution in [0.5, 0.6) is 0 Å². The molecule has 1 fully saturated rings. The molecule has 3 nitrogen and oxygen atoms in total. The Morgan fingerprint density at radius 2 is 1.32 bits per heavy atom. The summed E-state index contributed by atoms with van der Waals surface area (Å²) in [5.41, 5.74) is 2.90. The maximum Gasteiger partial charge on any atom is 0.416 e. The van der Waals surface area contributed by atoms with Gasteiger partial charge in [-0.1, -0.05) is 41.6 Å². The lowest BCUT2D eigenvalue weighted by molar-refractivity contribution is -0.137.